The number of rotatable bonds is 2. The van der Waals surface area contributed by atoms with Crippen molar-refractivity contribution < 1.29 is 0 Å². The summed E-state index contributed by atoms with van der Waals surface area (Å²) in [5.74, 6) is 0. The molecular weight excluding hydrogens is 340 g/mol. The molecule has 0 aliphatic carbocycles. The number of fused-ring (bicyclic) bond motifs is 1. The van der Waals surface area contributed by atoms with Crippen LogP contribution in [0.1, 0.15) is 0 Å². The van der Waals surface area contributed by atoms with Crippen molar-refractivity contribution in [2.75, 3.05) is 0 Å². The van der Waals surface area contributed by atoms with E-state index < -0.39 is 0 Å². The molecule has 0 radical (unpaired) electrons. The summed E-state index contributed by atoms with van der Waals surface area (Å²) in [5, 5.41) is 1.08. The number of hydrogen-bond acceptors (Lipinski definition) is 3. The molecule has 0 spiro atoms. The first kappa shape index (κ1) is 13.2. The van der Waals surface area contributed by atoms with Crippen molar-refractivity contribution in [3.05, 3.63) is 72.0 Å². The van der Waals surface area contributed by atoms with Crippen molar-refractivity contribution in [1.29, 1.82) is 0 Å². The Kier molecular flexibility index (Phi) is 3.20. The Hall–Kier alpha value is -2.53. The molecule has 0 N–H and O–H groups in total. The maximum absolute atomic E-state index is 4.77. The molecule has 0 aliphatic rings. The van der Waals surface area contributed by atoms with E-state index in [9.17, 15) is 0 Å². The molecule has 0 unspecified atom stereocenters. The lowest BCUT2D eigenvalue weighted by atomic mass is 10.1. The lowest BCUT2D eigenvalue weighted by Crippen LogP contribution is -1.96. The van der Waals surface area contributed by atoms with E-state index in [0.717, 1.165) is 32.3 Å². The molecule has 4 aromatic rings. The highest BCUT2D eigenvalue weighted by Crippen LogP contribution is 2.28. The molecule has 4 rings (SSSR count). The van der Waals surface area contributed by atoms with Gasteiger partial charge >= 0.3 is 0 Å². The van der Waals surface area contributed by atoms with Crippen LogP contribution in [0.2, 0.25) is 0 Å². The number of halogens is 1. The third kappa shape index (κ3) is 2.29. The van der Waals surface area contributed by atoms with Gasteiger partial charge in [-0.25, -0.2) is 9.97 Å². The summed E-state index contributed by atoms with van der Waals surface area (Å²) >= 11 is 3.52. The molecule has 0 saturated carbocycles. The number of benzene rings is 1. The molecule has 0 saturated heterocycles. The van der Waals surface area contributed by atoms with E-state index in [1.54, 1.807) is 18.7 Å². The molecule has 22 heavy (non-hydrogen) atoms. The van der Waals surface area contributed by atoms with Crippen molar-refractivity contribution in [1.82, 2.24) is 19.5 Å². The third-order valence-electron chi connectivity index (χ3n) is 3.49. The van der Waals surface area contributed by atoms with Gasteiger partial charge in [0, 0.05) is 40.2 Å². The van der Waals surface area contributed by atoms with E-state index in [1.807, 2.05) is 41.2 Å². The van der Waals surface area contributed by atoms with Crippen LogP contribution in [-0.4, -0.2) is 19.5 Å². The van der Waals surface area contributed by atoms with Gasteiger partial charge in [0.05, 0.1) is 23.2 Å². The van der Waals surface area contributed by atoms with Crippen LogP contribution < -0.4 is 0 Å². The average molecular weight is 351 g/mol. The molecular formula is C17H11BrN4. The molecule has 1 aromatic carbocycles. The number of pyridine rings is 2. The minimum atomic E-state index is 0.891. The van der Waals surface area contributed by atoms with Crippen LogP contribution >= 0.6 is 15.9 Å². The maximum Gasteiger partial charge on any atom is 0.0991 e. The van der Waals surface area contributed by atoms with Gasteiger partial charge in [-0.3, -0.25) is 4.98 Å². The van der Waals surface area contributed by atoms with Gasteiger partial charge in [0.15, 0.2) is 0 Å². The van der Waals surface area contributed by atoms with Gasteiger partial charge in [-0.15, -0.1) is 0 Å². The zero-order chi connectivity index (χ0) is 14.9. The molecule has 0 fully saturated rings. The summed E-state index contributed by atoms with van der Waals surface area (Å²) in [6, 6.07) is 12.1. The molecule has 4 nitrogen and oxygen atoms in total. The fourth-order valence-corrected chi connectivity index (χ4v) is 2.81. The van der Waals surface area contributed by atoms with E-state index in [0.29, 0.717) is 0 Å². The molecule has 106 valence electrons. The first-order valence-electron chi connectivity index (χ1n) is 6.80. The second-order valence-electron chi connectivity index (χ2n) is 4.90. The van der Waals surface area contributed by atoms with Crippen molar-refractivity contribution in [2.24, 2.45) is 0 Å². The van der Waals surface area contributed by atoms with E-state index in [1.165, 1.54) is 0 Å². The van der Waals surface area contributed by atoms with Gasteiger partial charge in [0.25, 0.3) is 0 Å². The monoisotopic (exact) mass is 350 g/mol. The molecule has 0 amide bonds. The molecule has 3 aromatic heterocycles. The smallest absolute Gasteiger partial charge is 0.0991 e. The summed E-state index contributed by atoms with van der Waals surface area (Å²) < 4.78 is 3.00. The number of hydrogen-bond donors (Lipinski definition) is 0. The Morgan fingerprint density at radius 1 is 1.00 bits per heavy atom. The van der Waals surface area contributed by atoms with E-state index in [-0.39, 0.29) is 0 Å². The number of imidazole rings is 1. The SMILES string of the molecule is Brc1ccc2c(-n3ccnc3)cc(-c3cccnc3)nc2c1. The average Bonchev–Trinajstić information content (AvgIpc) is 3.08. The van der Waals surface area contributed by atoms with Gasteiger partial charge in [-0.1, -0.05) is 15.9 Å². The lowest BCUT2D eigenvalue weighted by molar-refractivity contribution is 1.06. The topological polar surface area (TPSA) is 43.6 Å². The van der Waals surface area contributed by atoms with Crippen LogP contribution in [0.25, 0.3) is 27.8 Å². The largest absolute Gasteiger partial charge is 0.306 e. The van der Waals surface area contributed by atoms with Crippen molar-refractivity contribution in [3.63, 3.8) is 0 Å². The standard InChI is InChI=1S/C17H11BrN4/c18-13-3-4-14-16(8-13)21-15(12-2-1-5-19-10-12)9-17(14)22-7-6-20-11-22/h1-11H. The minimum absolute atomic E-state index is 0.891. The van der Waals surface area contributed by atoms with E-state index in [4.69, 9.17) is 4.98 Å². The van der Waals surface area contributed by atoms with Crippen LogP contribution in [0.5, 0.6) is 0 Å². The number of aromatic nitrogens is 4. The third-order valence-corrected chi connectivity index (χ3v) is 3.98. The van der Waals surface area contributed by atoms with Gasteiger partial charge in [0.1, 0.15) is 0 Å². The number of nitrogens with zero attached hydrogens (tertiary/aromatic N) is 4. The van der Waals surface area contributed by atoms with E-state index >= 15 is 0 Å². The molecule has 0 aliphatic heterocycles. The van der Waals surface area contributed by atoms with Gasteiger partial charge in [0.2, 0.25) is 0 Å². The zero-order valence-corrected chi connectivity index (χ0v) is 13.1. The van der Waals surface area contributed by atoms with Crippen LogP contribution in [0.4, 0.5) is 0 Å². The highest BCUT2D eigenvalue weighted by atomic mass is 79.9. The second-order valence-corrected chi connectivity index (χ2v) is 5.82. The Labute approximate surface area is 135 Å². The van der Waals surface area contributed by atoms with Crippen LogP contribution in [0.3, 0.4) is 0 Å². The van der Waals surface area contributed by atoms with Crippen molar-refractivity contribution in [2.45, 2.75) is 0 Å². The summed E-state index contributed by atoms with van der Waals surface area (Å²) in [6.07, 6.45) is 9.09. The van der Waals surface area contributed by atoms with Gasteiger partial charge < -0.3 is 4.57 Å². The summed E-state index contributed by atoms with van der Waals surface area (Å²) in [6.45, 7) is 0. The Balaban J connectivity index is 2.04. The Morgan fingerprint density at radius 2 is 1.95 bits per heavy atom. The maximum atomic E-state index is 4.77. The lowest BCUT2D eigenvalue weighted by Gasteiger charge is -2.10. The minimum Gasteiger partial charge on any atom is -0.306 e. The van der Waals surface area contributed by atoms with Crippen molar-refractivity contribution in [3.8, 4) is 16.9 Å². The molecule has 3 heterocycles. The molecule has 0 bridgehead atoms. The van der Waals surface area contributed by atoms with Crippen LogP contribution in [0, 0.1) is 0 Å². The highest BCUT2D eigenvalue weighted by molar-refractivity contribution is 9.10. The Morgan fingerprint density at radius 3 is 2.73 bits per heavy atom. The van der Waals surface area contributed by atoms with Crippen LogP contribution in [-0.2, 0) is 0 Å². The van der Waals surface area contributed by atoms with Gasteiger partial charge in [-0.2, -0.15) is 0 Å². The fourth-order valence-electron chi connectivity index (χ4n) is 2.46. The quantitative estimate of drug-likeness (QED) is 0.542. The molecule has 0 atom stereocenters. The Bertz CT molecular complexity index is 934. The second kappa shape index (κ2) is 5.35. The summed E-state index contributed by atoms with van der Waals surface area (Å²) in [5.41, 5.74) is 3.86. The normalized spacial score (nSPS) is 11.0. The van der Waals surface area contributed by atoms with Crippen molar-refractivity contribution >= 4 is 26.8 Å². The first-order valence-corrected chi connectivity index (χ1v) is 7.59. The van der Waals surface area contributed by atoms with Crippen LogP contribution in [0.15, 0.2) is 72.0 Å². The van der Waals surface area contributed by atoms with E-state index in [2.05, 4.69) is 38.0 Å². The van der Waals surface area contributed by atoms with Gasteiger partial charge in [-0.05, 0) is 36.4 Å². The molecule has 5 heteroatoms. The first-order chi connectivity index (χ1) is 10.8. The summed E-state index contributed by atoms with van der Waals surface area (Å²) in [4.78, 5) is 13.1. The summed E-state index contributed by atoms with van der Waals surface area (Å²) in [7, 11) is 0. The predicted molar refractivity (Wildman–Crippen MR) is 89.8 cm³/mol. The zero-order valence-electron chi connectivity index (χ0n) is 11.5. The highest BCUT2D eigenvalue weighted by Gasteiger charge is 2.09. The fraction of sp³-hybridized carbons (Fsp3) is 0. The predicted octanol–water partition coefficient (Wildman–Crippen LogP) is 4.25.